The Bertz CT molecular complexity index is 403. The maximum absolute atomic E-state index is 12.3. The second kappa shape index (κ2) is 13.2. The zero-order chi connectivity index (χ0) is 19.4. The van der Waals surface area contributed by atoms with Crippen LogP contribution in [0.15, 0.2) is 0 Å². The van der Waals surface area contributed by atoms with Gasteiger partial charge < -0.3 is 9.47 Å². The number of esters is 2. The first-order chi connectivity index (χ1) is 12.4. The molecule has 0 N–H and O–H groups in total. The molecule has 26 heavy (non-hydrogen) atoms. The molecule has 0 bridgehead atoms. The summed E-state index contributed by atoms with van der Waals surface area (Å²) in [5, 5.41) is 0. The standard InChI is InChI=1S/C22H40O4/c1-17(2)11-8-6-5-7-9-14-25-21(23)19-12-10-13-20(15-19)22(24)26-16-18(3)4/h17-20H,5-16H2,1-4H3. The lowest BCUT2D eigenvalue weighted by Gasteiger charge is -2.26. The summed E-state index contributed by atoms with van der Waals surface area (Å²) in [6, 6.07) is 0. The third-order valence-electron chi connectivity index (χ3n) is 5.07. The van der Waals surface area contributed by atoms with Crippen molar-refractivity contribution in [2.45, 2.75) is 91.9 Å². The molecule has 1 fully saturated rings. The Morgan fingerprint density at radius 1 is 0.808 bits per heavy atom. The summed E-state index contributed by atoms with van der Waals surface area (Å²) in [6.07, 6.45) is 10.3. The van der Waals surface area contributed by atoms with E-state index in [1.807, 2.05) is 13.8 Å². The zero-order valence-corrected chi connectivity index (χ0v) is 17.4. The minimum absolute atomic E-state index is 0.119. The van der Waals surface area contributed by atoms with Crippen molar-refractivity contribution < 1.29 is 19.1 Å². The molecule has 0 aromatic rings. The number of unbranched alkanes of at least 4 members (excludes halogenated alkanes) is 4. The molecule has 0 aliphatic heterocycles. The fraction of sp³-hybridized carbons (Fsp3) is 0.909. The molecule has 0 spiro atoms. The maximum Gasteiger partial charge on any atom is 0.308 e. The van der Waals surface area contributed by atoms with Crippen LogP contribution in [0.1, 0.15) is 91.9 Å². The molecule has 0 saturated heterocycles. The molecule has 1 saturated carbocycles. The van der Waals surface area contributed by atoms with Crippen LogP contribution >= 0.6 is 0 Å². The van der Waals surface area contributed by atoms with Gasteiger partial charge >= 0.3 is 11.9 Å². The van der Waals surface area contributed by atoms with E-state index in [0.717, 1.165) is 38.0 Å². The van der Waals surface area contributed by atoms with E-state index < -0.39 is 0 Å². The van der Waals surface area contributed by atoms with Crippen molar-refractivity contribution in [1.82, 2.24) is 0 Å². The minimum Gasteiger partial charge on any atom is -0.465 e. The first-order valence-corrected chi connectivity index (χ1v) is 10.7. The lowest BCUT2D eigenvalue weighted by Crippen LogP contribution is -2.30. The summed E-state index contributed by atoms with van der Waals surface area (Å²) in [5.41, 5.74) is 0. The molecule has 0 aromatic carbocycles. The largest absolute Gasteiger partial charge is 0.465 e. The summed E-state index contributed by atoms with van der Waals surface area (Å²) in [5.74, 6) is 0.600. The molecule has 2 unspecified atom stereocenters. The maximum atomic E-state index is 12.3. The van der Waals surface area contributed by atoms with Gasteiger partial charge in [0.25, 0.3) is 0 Å². The van der Waals surface area contributed by atoms with E-state index in [1.165, 1.54) is 25.7 Å². The molecule has 152 valence electrons. The summed E-state index contributed by atoms with van der Waals surface area (Å²) in [7, 11) is 0. The first-order valence-electron chi connectivity index (χ1n) is 10.7. The number of hydrogen-bond donors (Lipinski definition) is 0. The molecular weight excluding hydrogens is 328 g/mol. The van der Waals surface area contributed by atoms with Crippen LogP contribution in [0, 0.1) is 23.7 Å². The third-order valence-corrected chi connectivity index (χ3v) is 5.07. The Balaban J connectivity index is 2.15. The number of hydrogen-bond acceptors (Lipinski definition) is 4. The smallest absolute Gasteiger partial charge is 0.308 e. The quantitative estimate of drug-likeness (QED) is 0.335. The second-order valence-corrected chi connectivity index (χ2v) is 8.70. The van der Waals surface area contributed by atoms with Crippen molar-refractivity contribution in [2.75, 3.05) is 13.2 Å². The van der Waals surface area contributed by atoms with Crippen molar-refractivity contribution in [1.29, 1.82) is 0 Å². The molecule has 1 aliphatic carbocycles. The van der Waals surface area contributed by atoms with E-state index in [4.69, 9.17) is 9.47 Å². The van der Waals surface area contributed by atoms with E-state index in [9.17, 15) is 9.59 Å². The molecule has 4 nitrogen and oxygen atoms in total. The van der Waals surface area contributed by atoms with Crippen molar-refractivity contribution >= 4 is 11.9 Å². The normalized spacial score (nSPS) is 20.4. The molecular formula is C22H40O4. The Labute approximate surface area is 160 Å². The van der Waals surface area contributed by atoms with E-state index in [2.05, 4.69) is 13.8 Å². The van der Waals surface area contributed by atoms with Crippen molar-refractivity contribution in [3.05, 3.63) is 0 Å². The zero-order valence-electron chi connectivity index (χ0n) is 17.4. The first kappa shape index (κ1) is 23.0. The average Bonchev–Trinajstić information content (AvgIpc) is 2.61. The topological polar surface area (TPSA) is 52.6 Å². The number of ether oxygens (including phenoxy) is 2. The molecule has 0 radical (unpaired) electrons. The molecule has 2 atom stereocenters. The highest BCUT2D eigenvalue weighted by atomic mass is 16.5. The number of carbonyl (C=O) groups excluding carboxylic acids is 2. The van der Waals surface area contributed by atoms with Crippen LogP contribution in [0.5, 0.6) is 0 Å². The van der Waals surface area contributed by atoms with Gasteiger partial charge in [0.15, 0.2) is 0 Å². The van der Waals surface area contributed by atoms with E-state index >= 15 is 0 Å². The SMILES string of the molecule is CC(C)CCCCCCCOC(=O)C1CCCC(C(=O)OCC(C)C)C1. The van der Waals surface area contributed by atoms with Crippen LogP contribution in [0.3, 0.4) is 0 Å². The molecule has 1 rings (SSSR count). The Kier molecular flexibility index (Phi) is 11.6. The van der Waals surface area contributed by atoms with E-state index in [1.54, 1.807) is 0 Å². The molecule has 0 amide bonds. The fourth-order valence-electron chi connectivity index (χ4n) is 3.46. The highest BCUT2D eigenvalue weighted by Crippen LogP contribution is 2.31. The minimum atomic E-state index is -0.141. The average molecular weight is 369 g/mol. The van der Waals surface area contributed by atoms with Crippen LogP contribution in [-0.4, -0.2) is 25.2 Å². The van der Waals surface area contributed by atoms with Crippen LogP contribution in [0.25, 0.3) is 0 Å². The number of rotatable bonds is 12. The van der Waals surface area contributed by atoms with E-state index in [-0.39, 0.29) is 23.8 Å². The van der Waals surface area contributed by atoms with Crippen LogP contribution < -0.4 is 0 Å². The lowest BCUT2D eigenvalue weighted by molar-refractivity contribution is -0.155. The monoisotopic (exact) mass is 368 g/mol. The molecule has 0 heterocycles. The predicted molar refractivity (Wildman–Crippen MR) is 105 cm³/mol. The summed E-state index contributed by atoms with van der Waals surface area (Å²) < 4.78 is 10.8. The van der Waals surface area contributed by atoms with Crippen molar-refractivity contribution in [3.63, 3.8) is 0 Å². The van der Waals surface area contributed by atoms with Gasteiger partial charge in [-0.05, 0) is 37.5 Å². The Morgan fingerprint density at radius 3 is 2.00 bits per heavy atom. The van der Waals surface area contributed by atoms with Gasteiger partial charge in [0, 0.05) is 0 Å². The molecule has 0 aromatic heterocycles. The van der Waals surface area contributed by atoms with Crippen LogP contribution in [-0.2, 0) is 19.1 Å². The van der Waals surface area contributed by atoms with Crippen molar-refractivity contribution in [3.8, 4) is 0 Å². The summed E-state index contributed by atoms with van der Waals surface area (Å²) in [4.78, 5) is 24.4. The van der Waals surface area contributed by atoms with Gasteiger partial charge in [-0.1, -0.05) is 66.2 Å². The summed E-state index contributed by atoms with van der Waals surface area (Å²) in [6.45, 7) is 9.56. The third kappa shape index (κ3) is 10.2. The highest BCUT2D eigenvalue weighted by Gasteiger charge is 2.32. The van der Waals surface area contributed by atoms with Gasteiger partial charge in [-0.2, -0.15) is 0 Å². The molecule has 4 heteroatoms. The van der Waals surface area contributed by atoms with Gasteiger partial charge in [-0.15, -0.1) is 0 Å². The fourth-order valence-corrected chi connectivity index (χ4v) is 3.46. The van der Waals surface area contributed by atoms with Crippen LogP contribution in [0.4, 0.5) is 0 Å². The second-order valence-electron chi connectivity index (χ2n) is 8.70. The van der Waals surface area contributed by atoms with Crippen LogP contribution in [0.2, 0.25) is 0 Å². The van der Waals surface area contributed by atoms with Gasteiger partial charge in [0.05, 0.1) is 25.0 Å². The van der Waals surface area contributed by atoms with E-state index in [0.29, 0.717) is 25.6 Å². The Morgan fingerprint density at radius 2 is 1.38 bits per heavy atom. The highest BCUT2D eigenvalue weighted by molar-refractivity contribution is 5.76. The predicted octanol–water partition coefficient (Wildman–Crippen LogP) is 5.53. The van der Waals surface area contributed by atoms with Gasteiger partial charge in [0.2, 0.25) is 0 Å². The van der Waals surface area contributed by atoms with Gasteiger partial charge in [0.1, 0.15) is 0 Å². The van der Waals surface area contributed by atoms with Gasteiger partial charge in [-0.3, -0.25) is 9.59 Å². The van der Waals surface area contributed by atoms with Crippen molar-refractivity contribution in [2.24, 2.45) is 23.7 Å². The number of carbonyl (C=O) groups is 2. The summed E-state index contributed by atoms with van der Waals surface area (Å²) >= 11 is 0. The molecule has 1 aliphatic rings. The lowest BCUT2D eigenvalue weighted by atomic mass is 9.81. The Hall–Kier alpha value is -1.06. The van der Waals surface area contributed by atoms with Gasteiger partial charge in [-0.25, -0.2) is 0 Å².